The number of aliphatic hydroxyl groups excluding tert-OH is 1. The van der Waals surface area contributed by atoms with Crippen molar-refractivity contribution in [1.82, 2.24) is 5.32 Å². The Morgan fingerprint density at radius 1 is 1.09 bits per heavy atom. The fourth-order valence-electron chi connectivity index (χ4n) is 3.84. The van der Waals surface area contributed by atoms with Gasteiger partial charge in [-0.25, -0.2) is 4.79 Å². The van der Waals surface area contributed by atoms with E-state index in [9.17, 15) is 19.8 Å². The van der Waals surface area contributed by atoms with Gasteiger partial charge in [-0.15, -0.1) is 0 Å². The van der Waals surface area contributed by atoms with E-state index in [1.807, 2.05) is 30.3 Å². The Balaban J connectivity index is 1.91. The summed E-state index contributed by atoms with van der Waals surface area (Å²) in [5, 5.41) is 22.2. The zero-order valence-corrected chi connectivity index (χ0v) is 19.7. The van der Waals surface area contributed by atoms with E-state index in [0.29, 0.717) is 11.3 Å². The summed E-state index contributed by atoms with van der Waals surface area (Å²) in [4.78, 5) is 24.4. The molecule has 35 heavy (non-hydrogen) atoms. The third kappa shape index (κ3) is 7.48. The molecule has 2 aromatic rings. The van der Waals surface area contributed by atoms with Crippen molar-refractivity contribution < 1.29 is 38.7 Å². The van der Waals surface area contributed by atoms with Crippen LogP contribution < -0.4 is 11.1 Å². The van der Waals surface area contributed by atoms with E-state index in [4.69, 9.17) is 24.7 Å². The number of amides is 1. The number of carboxylic acid groups (broad SMARTS) is 1. The maximum atomic E-state index is 13.1. The first-order chi connectivity index (χ1) is 16.8. The number of carbonyl (C=O) groups is 2. The molecule has 190 valence electrons. The summed E-state index contributed by atoms with van der Waals surface area (Å²) in [6.45, 7) is 2.66. The van der Waals surface area contributed by atoms with Crippen molar-refractivity contribution in [2.24, 2.45) is 0 Å². The van der Waals surface area contributed by atoms with Crippen molar-refractivity contribution in [3.8, 4) is 0 Å². The Kier molecular flexibility index (Phi) is 9.58. The van der Waals surface area contributed by atoms with E-state index in [2.05, 4.69) is 5.32 Å². The predicted molar refractivity (Wildman–Crippen MR) is 126 cm³/mol. The third-order valence-corrected chi connectivity index (χ3v) is 5.36. The van der Waals surface area contributed by atoms with Gasteiger partial charge in [-0.3, -0.25) is 4.79 Å². The van der Waals surface area contributed by atoms with Gasteiger partial charge in [0.05, 0.1) is 19.3 Å². The van der Waals surface area contributed by atoms with Gasteiger partial charge in [-0.05, 0) is 37.6 Å². The quantitative estimate of drug-likeness (QED) is 0.346. The number of carboxylic acids is 1. The average molecular weight is 489 g/mol. The van der Waals surface area contributed by atoms with Gasteiger partial charge in [0.25, 0.3) is 5.91 Å². The highest BCUT2D eigenvalue weighted by Gasteiger charge is 2.49. The van der Waals surface area contributed by atoms with E-state index in [1.165, 1.54) is 6.07 Å². The zero-order valence-electron chi connectivity index (χ0n) is 19.7. The van der Waals surface area contributed by atoms with Crippen LogP contribution in [0.4, 0.5) is 5.69 Å². The van der Waals surface area contributed by atoms with Crippen LogP contribution in [0.2, 0.25) is 0 Å². The van der Waals surface area contributed by atoms with Gasteiger partial charge in [0.15, 0.2) is 6.29 Å². The summed E-state index contributed by atoms with van der Waals surface area (Å²) in [5.41, 5.74) is 7.39. The molecule has 1 aliphatic rings. The number of aliphatic carboxylic acids is 1. The van der Waals surface area contributed by atoms with Crippen molar-refractivity contribution in [2.45, 2.75) is 57.2 Å². The summed E-state index contributed by atoms with van der Waals surface area (Å²) in [6, 6.07) is 14.8. The van der Waals surface area contributed by atoms with Gasteiger partial charge >= 0.3 is 5.97 Å². The summed E-state index contributed by atoms with van der Waals surface area (Å²) in [7, 11) is 0. The molecule has 5 N–H and O–H groups in total. The number of hydrogen-bond acceptors (Lipinski definition) is 8. The van der Waals surface area contributed by atoms with Gasteiger partial charge in [-0.1, -0.05) is 36.4 Å². The van der Waals surface area contributed by atoms with E-state index in [1.54, 1.807) is 32.0 Å². The van der Waals surface area contributed by atoms with Gasteiger partial charge in [0.1, 0.15) is 31.0 Å². The monoisotopic (exact) mass is 488 g/mol. The van der Waals surface area contributed by atoms with Gasteiger partial charge in [0, 0.05) is 11.3 Å². The number of nitrogen functional groups attached to an aromatic ring is 1. The van der Waals surface area contributed by atoms with E-state index in [0.717, 1.165) is 5.56 Å². The molecule has 3 rings (SSSR count). The van der Waals surface area contributed by atoms with Crippen LogP contribution in [0.3, 0.4) is 0 Å². The van der Waals surface area contributed by atoms with Crippen molar-refractivity contribution in [2.75, 3.05) is 18.9 Å². The molecule has 0 bridgehead atoms. The minimum atomic E-state index is -1.19. The van der Waals surface area contributed by atoms with Crippen LogP contribution in [0.5, 0.6) is 0 Å². The topological polar surface area (TPSA) is 150 Å². The van der Waals surface area contributed by atoms with Crippen LogP contribution >= 0.6 is 0 Å². The summed E-state index contributed by atoms with van der Waals surface area (Å²) < 4.78 is 23.7. The number of benzene rings is 2. The maximum absolute atomic E-state index is 13.1. The number of ether oxygens (including phenoxy) is 4. The molecular formula is C25H32N2O8. The minimum Gasteiger partial charge on any atom is -0.480 e. The van der Waals surface area contributed by atoms with Crippen LogP contribution in [0.25, 0.3) is 0 Å². The first-order valence-electron chi connectivity index (χ1n) is 11.4. The normalized spacial score (nSPS) is 24.3. The highest BCUT2D eigenvalue weighted by atomic mass is 16.7. The second kappa shape index (κ2) is 12.6. The van der Waals surface area contributed by atoms with Gasteiger partial charge in [-0.2, -0.15) is 0 Å². The number of carbonyl (C=O) groups excluding carboxylic acids is 1. The standard InChI is InChI=1S/C25H32N2O8/c1-15(2)34-25-21(27-24(31)17-9-6-10-18(26)11-17)23(33-14-20(29)30)22(19(12-28)35-25)32-13-16-7-4-3-5-8-16/h3-11,15,19,21-23,25,28H,12-14,26H2,1-2H3,(H,27,31)(H,29,30)/t19?,21?,22-,23+,25+/m0/s1. The average Bonchev–Trinajstić information content (AvgIpc) is 2.83. The van der Waals surface area contributed by atoms with Crippen LogP contribution in [0.1, 0.15) is 29.8 Å². The Morgan fingerprint density at radius 3 is 2.46 bits per heavy atom. The third-order valence-electron chi connectivity index (χ3n) is 5.36. The fourth-order valence-corrected chi connectivity index (χ4v) is 3.84. The summed E-state index contributed by atoms with van der Waals surface area (Å²) in [5.74, 6) is -1.67. The zero-order chi connectivity index (χ0) is 25.4. The lowest BCUT2D eigenvalue weighted by molar-refractivity contribution is -0.292. The number of rotatable bonds is 11. The number of hydrogen-bond donors (Lipinski definition) is 4. The minimum absolute atomic E-state index is 0.157. The van der Waals surface area contributed by atoms with Gasteiger partial charge in [0.2, 0.25) is 0 Å². The van der Waals surface area contributed by atoms with Crippen molar-refractivity contribution in [1.29, 1.82) is 0 Å². The summed E-state index contributed by atoms with van der Waals surface area (Å²) in [6.07, 6.45) is -4.13. The highest BCUT2D eigenvalue weighted by Crippen LogP contribution is 2.29. The van der Waals surface area contributed by atoms with Crippen LogP contribution in [0, 0.1) is 0 Å². The van der Waals surface area contributed by atoms with E-state index >= 15 is 0 Å². The van der Waals surface area contributed by atoms with Crippen LogP contribution in [-0.4, -0.2) is 72.1 Å². The molecule has 1 amide bonds. The molecule has 0 radical (unpaired) electrons. The van der Waals surface area contributed by atoms with Gasteiger partial charge < -0.3 is 40.2 Å². The van der Waals surface area contributed by atoms with Crippen LogP contribution in [0.15, 0.2) is 54.6 Å². The Labute approximate surface area is 203 Å². The number of nitrogens with two attached hydrogens (primary N) is 1. The lowest BCUT2D eigenvalue weighted by Crippen LogP contribution is -2.66. The number of anilines is 1. The Morgan fingerprint density at radius 2 is 1.83 bits per heavy atom. The Hall–Kier alpha value is -3.02. The van der Waals surface area contributed by atoms with Crippen molar-refractivity contribution in [3.05, 3.63) is 65.7 Å². The van der Waals surface area contributed by atoms with Crippen molar-refractivity contribution in [3.63, 3.8) is 0 Å². The lowest BCUT2D eigenvalue weighted by atomic mass is 9.95. The predicted octanol–water partition coefficient (Wildman–Crippen LogP) is 1.56. The van der Waals surface area contributed by atoms with E-state index < -0.39 is 55.7 Å². The molecule has 1 heterocycles. The maximum Gasteiger partial charge on any atom is 0.329 e. The molecular weight excluding hydrogens is 456 g/mol. The molecule has 5 atom stereocenters. The van der Waals surface area contributed by atoms with Crippen LogP contribution in [-0.2, 0) is 30.3 Å². The SMILES string of the molecule is CC(C)O[C@@H]1OC(CO)[C@H](OCc2ccccc2)[C@H](OCC(=O)O)C1NC(=O)c1cccc(N)c1. The number of nitrogens with one attached hydrogen (secondary N) is 1. The molecule has 1 aliphatic heterocycles. The highest BCUT2D eigenvalue weighted by molar-refractivity contribution is 5.95. The molecule has 2 aromatic carbocycles. The van der Waals surface area contributed by atoms with E-state index in [-0.39, 0.29) is 12.7 Å². The second-order valence-corrected chi connectivity index (χ2v) is 8.47. The van der Waals surface area contributed by atoms with Crippen molar-refractivity contribution >= 4 is 17.6 Å². The molecule has 2 unspecified atom stereocenters. The molecule has 0 aromatic heterocycles. The lowest BCUT2D eigenvalue weighted by Gasteiger charge is -2.46. The number of aliphatic hydroxyl groups is 1. The molecule has 0 spiro atoms. The molecule has 0 aliphatic carbocycles. The second-order valence-electron chi connectivity index (χ2n) is 8.47. The largest absolute Gasteiger partial charge is 0.480 e. The first-order valence-corrected chi connectivity index (χ1v) is 11.4. The molecule has 10 heteroatoms. The fraction of sp³-hybridized carbons (Fsp3) is 0.440. The molecule has 1 fully saturated rings. The molecule has 1 saturated heterocycles. The smallest absolute Gasteiger partial charge is 0.329 e. The molecule has 10 nitrogen and oxygen atoms in total. The Bertz CT molecular complexity index is 971. The summed E-state index contributed by atoms with van der Waals surface area (Å²) >= 11 is 0. The molecule has 0 saturated carbocycles. The first kappa shape index (κ1) is 26.6.